The Balaban J connectivity index is 1.76. The molecular formula is C20H24N6O3S. The Morgan fingerprint density at radius 2 is 2.00 bits per heavy atom. The van der Waals surface area contributed by atoms with Crippen LogP contribution >= 0.6 is 11.3 Å². The number of nitrogens with one attached hydrogen (secondary N) is 1. The number of rotatable bonds is 5. The van der Waals surface area contributed by atoms with Crippen LogP contribution in [0.4, 0.5) is 0 Å². The maximum absolute atomic E-state index is 13.3. The number of carbonyl (C=O) groups is 1. The number of piperazine rings is 1. The van der Waals surface area contributed by atoms with E-state index < -0.39 is 5.97 Å². The Kier molecular flexibility index (Phi) is 5.69. The summed E-state index contributed by atoms with van der Waals surface area (Å²) in [5.41, 5.74) is 1.97. The van der Waals surface area contributed by atoms with E-state index in [0.717, 1.165) is 36.4 Å². The summed E-state index contributed by atoms with van der Waals surface area (Å²) < 4.78 is 7.18. The maximum atomic E-state index is 13.3. The smallest absolute Gasteiger partial charge is 0.311 e. The summed E-state index contributed by atoms with van der Waals surface area (Å²) >= 11 is 1.41. The van der Waals surface area contributed by atoms with Crippen LogP contribution in [0.3, 0.4) is 0 Å². The molecule has 1 fully saturated rings. The van der Waals surface area contributed by atoms with Crippen LogP contribution in [0.25, 0.3) is 15.3 Å². The molecule has 0 atom stereocenters. The number of carbonyl (C=O) groups excluding carboxylic acids is 1. The molecule has 0 radical (unpaired) electrons. The van der Waals surface area contributed by atoms with Gasteiger partial charge in [-0.25, -0.2) is 4.98 Å². The lowest BCUT2D eigenvalue weighted by molar-refractivity contribution is -0.139. The number of hydrogen-bond acceptors (Lipinski definition) is 8. The van der Waals surface area contributed by atoms with Crippen LogP contribution < -0.4 is 5.56 Å². The summed E-state index contributed by atoms with van der Waals surface area (Å²) in [6.07, 6.45) is -0.0471. The van der Waals surface area contributed by atoms with E-state index in [4.69, 9.17) is 4.74 Å². The highest BCUT2D eigenvalue weighted by atomic mass is 32.1. The number of fused-ring (bicyclic) bond motifs is 1. The first-order valence-corrected chi connectivity index (χ1v) is 10.5. The lowest BCUT2D eigenvalue weighted by Crippen LogP contribution is -2.42. The first-order valence-electron chi connectivity index (χ1n) is 9.72. The van der Waals surface area contributed by atoms with Crippen molar-refractivity contribution >= 4 is 33.2 Å². The van der Waals surface area contributed by atoms with Crippen LogP contribution in [0.5, 0.6) is 0 Å². The minimum absolute atomic E-state index is 0.0471. The molecular weight excluding hydrogens is 404 g/mol. The fourth-order valence-corrected chi connectivity index (χ4v) is 4.37. The van der Waals surface area contributed by atoms with Crippen molar-refractivity contribution in [3.8, 4) is 5.13 Å². The van der Waals surface area contributed by atoms with Gasteiger partial charge in [0.2, 0.25) is 5.13 Å². The van der Waals surface area contributed by atoms with E-state index in [1.165, 1.54) is 23.1 Å². The quantitative estimate of drug-likeness (QED) is 0.488. The molecule has 0 bridgehead atoms. The summed E-state index contributed by atoms with van der Waals surface area (Å²) in [5.74, 6) is -0.429. The van der Waals surface area contributed by atoms with E-state index in [9.17, 15) is 9.59 Å². The van der Waals surface area contributed by atoms with E-state index in [-0.39, 0.29) is 12.0 Å². The third-order valence-corrected chi connectivity index (χ3v) is 6.14. The van der Waals surface area contributed by atoms with Crippen molar-refractivity contribution in [3.05, 3.63) is 45.9 Å². The average Bonchev–Trinajstić information content (AvgIpc) is 3.30. The second kappa shape index (κ2) is 8.41. The van der Waals surface area contributed by atoms with Crippen LogP contribution in [0.15, 0.2) is 34.2 Å². The molecule has 158 valence electrons. The molecule has 3 heterocycles. The van der Waals surface area contributed by atoms with Crippen molar-refractivity contribution in [3.63, 3.8) is 0 Å². The Labute approximate surface area is 177 Å². The number of thiazole rings is 1. The van der Waals surface area contributed by atoms with Gasteiger partial charge in [-0.15, -0.1) is 0 Å². The van der Waals surface area contributed by atoms with Crippen LogP contribution in [0, 0.1) is 0 Å². The average molecular weight is 429 g/mol. The first kappa shape index (κ1) is 20.3. The van der Waals surface area contributed by atoms with Crippen molar-refractivity contribution in [2.45, 2.75) is 13.3 Å². The lowest BCUT2D eigenvalue weighted by atomic mass is 10.1. The SMILES string of the molecule is COC(=O)Cc1[nH]n(-c2nc3ccccc3s2)c(=O)c1/C(C)=N/N1CCN(C)CC1. The molecule has 3 aromatic rings. The van der Waals surface area contributed by atoms with E-state index in [2.05, 4.69) is 27.1 Å². The number of benzene rings is 1. The van der Waals surface area contributed by atoms with Crippen LogP contribution in [-0.4, -0.2) is 76.7 Å². The zero-order valence-electron chi connectivity index (χ0n) is 17.2. The molecule has 1 N–H and O–H groups in total. The third kappa shape index (κ3) is 4.01. The van der Waals surface area contributed by atoms with Crippen LogP contribution in [0.1, 0.15) is 18.2 Å². The second-order valence-electron chi connectivity index (χ2n) is 7.27. The molecule has 0 unspecified atom stereocenters. The standard InChI is InChI=1S/C20H24N6O3S/c1-13(22-25-10-8-24(2)9-11-25)18-15(12-17(27)29-3)23-26(19(18)28)20-21-14-6-4-5-7-16(14)30-20/h4-7,23H,8-12H2,1-3H3/b22-13+. The van der Waals surface area contributed by atoms with Gasteiger partial charge in [0.05, 0.1) is 40.7 Å². The molecule has 10 heteroatoms. The number of aromatic amines is 1. The summed E-state index contributed by atoms with van der Waals surface area (Å²) in [6, 6.07) is 7.70. The van der Waals surface area contributed by atoms with Crippen molar-refractivity contribution in [2.24, 2.45) is 5.10 Å². The second-order valence-corrected chi connectivity index (χ2v) is 8.27. The predicted molar refractivity (Wildman–Crippen MR) is 117 cm³/mol. The minimum atomic E-state index is -0.429. The fraction of sp³-hybridized carbons (Fsp3) is 0.400. The van der Waals surface area contributed by atoms with Crippen molar-refractivity contribution < 1.29 is 9.53 Å². The van der Waals surface area contributed by atoms with Gasteiger partial charge in [-0.3, -0.25) is 19.7 Å². The Morgan fingerprint density at radius 1 is 1.27 bits per heavy atom. The molecule has 1 aromatic carbocycles. The van der Waals surface area contributed by atoms with E-state index in [1.54, 1.807) is 6.92 Å². The fourth-order valence-electron chi connectivity index (χ4n) is 3.45. The molecule has 2 aromatic heterocycles. The lowest BCUT2D eigenvalue weighted by Gasteiger charge is -2.30. The normalized spacial score (nSPS) is 15.7. The van der Waals surface area contributed by atoms with Gasteiger partial charge in [-0.05, 0) is 26.1 Å². The highest BCUT2D eigenvalue weighted by Crippen LogP contribution is 2.24. The van der Waals surface area contributed by atoms with Crippen molar-refractivity contribution in [2.75, 3.05) is 40.3 Å². The number of nitrogens with zero attached hydrogens (tertiary/aromatic N) is 5. The Hall–Kier alpha value is -2.98. The number of likely N-dealkylation sites (N-methyl/N-ethyl adjacent to an activating group) is 1. The van der Waals surface area contributed by atoms with Gasteiger partial charge in [0.1, 0.15) is 0 Å². The molecule has 0 saturated carbocycles. The number of esters is 1. The van der Waals surface area contributed by atoms with E-state index >= 15 is 0 Å². The number of ether oxygens (including phenoxy) is 1. The van der Waals surface area contributed by atoms with Gasteiger partial charge in [-0.2, -0.15) is 9.78 Å². The summed E-state index contributed by atoms with van der Waals surface area (Å²) in [5, 5.41) is 10.2. The van der Waals surface area contributed by atoms with E-state index in [1.807, 2.05) is 29.3 Å². The molecule has 0 aliphatic carbocycles. The van der Waals surface area contributed by atoms with Gasteiger partial charge in [0, 0.05) is 26.2 Å². The number of aromatic nitrogens is 3. The minimum Gasteiger partial charge on any atom is -0.469 e. The zero-order valence-corrected chi connectivity index (χ0v) is 18.0. The van der Waals surface area contributed by atoms with Crippen LogP contribution in [-0.2, 0) is 16.0 Å². The van der Waals surface area contributed by atoms with Gasteiger partial charge < -0.3 is 9.64 Å². The van der Waals surface area contributed by atoms with Gasteiger partial charge in [-0.1, -0.05) is 23.5 Å². The Morgan fingerprint density at radius 3 is 2.70 bits per heavy atom. The summed E-state index contributed by atoms with van der Waals surface area (Å²) in [7, 11) is 3.40. The maximum Gasteiger partial charge on any atom is 0.311 e. The molecule has 0 amide bonds. The summed E-state index contributed by atoms with van der Waals surface area (Å²) in [4.78, 5) is 32.1. The highest BCUT2D eigenvalue weighted by Gasteiger charge is 2.23. The predicted octanol–water partition coefficient (Wildman–Crippen LogP) is 1.46. The zero-order chi connectivity index (χ0) is 21.3. The highest BCUT2D eigenvalue weighted by molar-refractivity contribution is 7.20. The molecule has 1 saturated heterocycles. The van der Waals surface area contributed by atoms with Crippen molar-refractivity contribution in [1.29, 1.82) is 0 Å². The van der Waals surface area contributed by atoms with Crippen molar-refractivity contribution in [1.82, 2.24) is 24.7 Å². The number of para-hydroxylation sites is 1. The number of methoxy groups -OCH3 is 1. The number of hydrogen-bond donors (Lipinski definition) is 1. The molecule has 9 nitrogen and oxygen atoms in total. The first-order chi connectivity index (χ1) is 14.5. The third-order valence-electron chi connectivity index (χ3n) is 5.12. The van der Waals surface area contributed by atoms with E-state index in [0.29, 0.717) is 22.1 Å². The molecule has 1 aliphatic rings. The van der Waals surface area contributed by atoms with Gasteiger partial charge >= 0.3 is 5.97 Å². The number of hydrazone groups is 1. The molecule has 1 aliphatic heterocycles. The topological polar surface area (TPSA) is 95.8 Å². The largest absolute Gasteiger partial charge is 0.469 e. The molecule has 30 heavy (non-hydrogen) atoms. The van der Waals surface area contributed by atoms with Crippen LogP contribution in [0.2, 0.25) is 0 Å². The van der Waals surface area contributed by atoms with Gasteiger partial charge in [0.15, 0.2) is 0 Å². The number of H-pyrrole nitrogens is 1. The summed E-state index contributed by atoms with van der Waals surface area (Å²) in [6.45, 7) is 5.20. The monoisotopic (exact) mass is 428 g/mol. The molecule has 0 spiro atoms. The Bertz CT molecular complexity index is 1120. The molecule has 4 rings (SSSR count). The van der Waals surface area contributed by atoms with Gasteiger partial charge in [0.25, 0.3) is 5.56 Å².